The van der Waals surface area contributed by atoms with Crippen molar-refractivity contribution in [3.05, 3.63) is 29.6 Å². The van der Waals surface area contributed by atoms with Gasteiger partial charge in [0, 0.05) is 25.7 Å². The Kier molecular flexibility index (Phi) is 4.45. The van der Waals surface area contributed by atoms with Crippen LogP contribution < -0.4 is 5.73 Å². The van der Waals surface area contributed by atoms with Gasteiger partial charge in [0.25, 0.3) is 5.91 Å². The highest BCUT2D eigenvalue weighted by atomic mass is 19.1. The first-order valence-electron chi connectivity index (χ1n) is 5.37. The van der Waals surface area contributed by atoms with E-state index in [-0.39, 0.29) is 11.6 Å². The summed E-state index contributed by atoms with van der Waals surface area (Å²) in [5.74, 6) is -0.656. The molecule has 17 heavy (non-hydrogen) atoms. The Hall–Kier alpha value is -1.62. The first-order valence-corrected chi connectivity index (χ1v) is 5.37. The standard InChI is InChI=1S/C12H18FN3O/c1-15(2)6-7-16(3)12(17)9-4-5-10(13)11(14)8-9/h4-5,8H,6-7,14H2,1-3H3. The van der Waals surface area contributed by atoms with Crippen molar-refractivity contribution >= 4 is 11.6 Å². The molecule has 0 aromatic heterocycles. The number of hydrogen-bond donors (Lipinski definition) is 1. The summed E-state index contributed by atoms with van der Waals surface area (Å²) >= 11 is 0. The number of amides is 1. The number of hydrogen-bond acceptors (Lipinski definition) is 3. The van der Waals surface area contributed by atoms with Gasteiger partial charge in [-0.15, -0.1) is 0 Å². The van der Waals surface area contributed by atoms with Crippen molar-refractivity contribution in [1.29, 1.82) is 0 Å². The largest absolute Gasteiger partial charge is 0.396 e. The molecule has 1 aromatic rings. The van der Waals surface area contributed by atoms with Gasteiger partial charge in [-0.25, -0.2) is 4.39 Å². The van der Waals surface area contributed by atoms with Crippen molar-refractivity contribution in [3.63, 3.8) is 0 Å². The number of nitrogens with zero attached hydrogens (tertiary/aromatic N) is 2. The lowest BCUT2D eigenvalue weighted by molar-refractivity contribution is 0.0786. The molecule has 0 fully saturated rings. The van der Waals surface area contributed by atoms with Gasteiger partial charge < -0.3 is 15.5 Å². The second kappa shape index (κ2) is 5.63. The highest BCUT2D eigenvalue weighted by Crippen LogP contribution is 2.13. The van der Waals surface area contributed by atoms with E-state index in [1.807, 2.05) is 19.0 Å². The number of nitrogens with two attached hydrogens (primary N) is 1. The van der Waals surface area contributed by atoms with Crippen LogP contribution in [0.3, 0.4) is 0 Å². The van der Waals surface area contributed by atoms with Gasteiger partial charge in [-0.3, -0.25) is 4.79 Å². The van der Waals surface area contributed by atoms with Gasteiger partial charge in [-0.05, 0) is 32.3 Å². The number of halogens is 1. The highest BCUT2D eigenvalue weighted by molar-refractivity contribution is 5.94. The SMILES string of the molecule is CN(C)CCN(C)C(=O)c1ccc(F)c(N)c1. The zero-order valence-electron chi connectivity index (χ0n) is 10.4. The molecule has 0 spiro atoms. The molecular weight excluding hydrogens is 221 g/mol. The number of carbonyl (C=O) groups excluding carboxylic acids is 1. The minimum atomic E-state index is -0.502. The number of benzene rings is 1. The van der Waals surface area contributed by atoms with Gasteiger partial charge in [0.15, 0.2) is 0 Å². The fourth-order valence-corrected chi connectivity index (χ4v) is 1.35. The zero-order valence-corrected chi connectivity index (χ0v) is 10.4. The van der Waals surface area contributed by atoms with E-state index in [0.29, 0.717) is 12.1 Å². The molecule has 0 aliphatic rings. The van der Waals surface area contributed by atoms with Gasteiger partial charge in [0.1, 0.15) is 5.82 Å². The number of rotatable bonds is 4. The lowest BCUT2D eigenvalue weighted by atomic mass is 10.1. The molecule has 0 saturated heterocycles. The third-order valence-electron chi connectivity index (χ3n) is 2.47. The summed E-state index contributed by atoms with van der Waals surface area (Å²) in [5.41, 5.74) is 5.83. The smallest absolute Gasteiger partial charge is 0.253 e. The lowest BCUT2D eigenvalue weighted by Gasteiger charge is -2.19. The van der Waals surface area contributed by atoms with Gasteiger partial charge >= 0.3 is 0 Å². The lowest BCUT2D eigenvalue weighted by Crippen LogP contribution is -2.33. The van der Waals surface area contributed by atoms with Crippen LogP contribution in [0.25, 0.3) is 0 Å². The van der Waals surface area contributed by atoms with Crippen LogP contribution >= 0.6 is 0 Å². The fourth-order valence-electron chi connectivity index (χ4n) is 1.35. The Bertz CT molecular complexity index is 407. The molecule has 0 atom stereocenters. The number of carbonyl (C=O) groups is 1. The predicted octanol–water partition coefficient (Wildman–Crippen LogP) is 1.04. The molecule has 94 valence electrons. The minimum Gasteiger partial charge on any atom is -0.396 e. The molecule has 0 unspecified atom stereocenters. The third-order valence-corrected chi connectivity index (χ3v) is 2.47. The maximum absolute atomic E-state index is 13.0. The molecular formula is C12H18FN3O. The van der Waals surface area contributed by atoms with Crippen LogP contribution in [0.2, 0.25) is 0 Å². The summed E-state index contributed by atoms with van der Waals surface area (Å²) in [6.07, 6.45) is 0. The Balaban J connectivity index is 2.71. The fraction of sp³-hybridized carbons (Fsp3) is 0.417. The van der Waals surface area contributed by atoms with E-state index in [0.717, 1.165) is 6.54 Å². The maximum Gasteiger partial charge on any atom is 0.253 e. The van der Waals surface area contributed by atoms with Gasteiger partial charge in [-0.2, -0.15) is 0 Å². The van der Waals surface area contributed by atoms with Crippen LogP contribution in [-0.2, 0) is 0 Å². The zero-order chi connectivity index (χ0) is 13.0. The number of likely N-dealkylation sites (N-methyl/N-ethyl adjacent to an activating group) is 2. The van der Waals surface area contributed by atoms with Crippen LogP contribution in [0, 0.1) is 5.82 Å². The van der Waals surface area contributed by atoms with E-state index in [1.165, 1.54) is 18.2 Å². The molecule has 2 N–H and O–H groups in total. The Morgan fingerprint density at radius 2 is 1.94 bits per heavy atom. The van der Waals surface area contributed by atoms with E-state index in [1.54, 1.807) is 11.9 Å². The summed E-state index contributed by atoms with van der Waals surface area (Å²) in [6.45, 7) is 1.39. The van der Waals surface area contributed by atoms with Crippen molar-refractivity contribution in [2.24, 2.45) is 0 Å². The van der Waals surface area contributed by atoms with Gasteiger partial charge in [0.2, 0.25) is 0 Å². The number of anilines is 1. The van der Waals surface area contributed by atoms with Crippen LogP contribution in [0.4, 0.5) is 10.1 Å². The third kappa shape index (κ3) is 3.71. The molecule has 0 saturated carbocycles. The second-order valence-corrected chi connectivity index (χ2v) is 4.27. The normalized spacial score (nSPS) is 10.6. The average molecular weight is 239 g/mol. The Morgan fingerprint density at radius 3 is 2.47 bits per heavy atom. The highest BCUT2D eigenvalue weighted by Gasteiger charge is 2.12. The monoisotopic (exact) mass is 239 g/mol. The van der Waals surface area contributed by atoms with Crippen molar-refractivity contribution < 1.29 is 9.18 Å². The molecule has 0 heterocycles. The molecule has 0 aliphatic heterocycles. The molecule has 1 amide bonds. The van der Waals surface area contributed by atoms with Crippen molar-refractivity contribution in [3.8, 4) is 0 Å². The number of nitrogen functional groups attached to an aromatic ring is 1. The van der Waals surface area contributed by atoms with Crippen LogP contribution in [0.1, 0.15) is 10.4 Å². The van der Waals surface area contributed by atoms with E-state index >= 15 is 0 Å². The first-order chi connectivity index (χ1) is 7.91. The van der Waals surface area contributed by atoms with Crippen molar-refractivity contribution in [2.75, 3.05) is 40.0 Å². The Labute approximate surface area is 101 Å². The van der Waals surface area contributed by atoms with Crippen LogP contribution in [0.15, 0.2) is 18.2 Å². The maximum atomic E-state index is 13.0. The topological polar surface area (TPSA) is 49.6 Å². The average Bonchev–Trinajstić information content (AvgIpc) is 2.28. The van der Waals surface area contributed by atoms with E-state index in [9.17, 15) is 9.18 Å². The molecule has 1 aromatic carbocycles. The molecule has 5 heteroatoms. The van der Waals surface area contributed by atoms with Crippen molar-refractivity contribution in [2.45, 2.75) is 0 Å². The van der Waals surface area contributed by atoms with Crippen LogP contribution in [0.5, 0.6) is 0 Å². The summed E-state index contributed by atoms with van der Waals surface area (Å²) in [5, 5.41) is 0. The van der Waals surface area contributed by atoms with Crippen molar-refractivity contribution in [1.82, 2.24) is 9.80 Å². The molecule has 1 rings (SSSR count). The summed E-state index contributed by atoms with van der Waals surface area (Å²) in [4.78, 5) is 15.5. The van der Waals surface area contributed by atoms with E-state index < -0.39 is 5.82 Å². The van der Waals surface area contributed by atoms with Gasteiger partial charge in [0.05, 0.1) is 5.69 Å². The summed E-state index contributed by atoms with van der Waals surface area (Å²) in [6, 6.07) is 4.02. The molecule has 0 aliphatic carbocycles. The quantitative estimate of drug-likeness (QED) is 0.799. The van der Waals surface area contributed by atoms with E-state index in [4.69, 9.17) is 5.73 Å². The second-order valence-electron chi connectivity index (χ2n) is 4.27. The van der Waals surface area contributed by atoms with E-state index in [2.05, 4.69) is 0 Å². The van der Waals surface area contributed by atoms with Crippen LogP contribution in [-0.4, -0.2) is 49.9 Å². The summed E-state index contributed by atoms with van der Waals surface area (Å²) < 4.78 is 13.0. The minimum absolute atomic E-state index is 0.00291. The first kappa shape index (κ1) is 13.4. The molecule has 0 bridgehead atoms. The molecule has 4 nitrogen and oxygen atoms in total. The molecule has 0 radical (unpaired) electrons. The predicted molar refractivity (Wildman–Crippen MR) is 66.3 cm³/mol. The summed E-state index contributed by atoms with van der Waals surface area (Å²) in [7, 11) is 5.59. The Morgan fingerprint density at radius 1 is 1.29 bits per heavy atom. The van der Waals surface area contributed by atoms with Gasteiger partial charge in [-0.1, -0.05) is 0 Å².